The number of aliphatic hydroxyl groups excluding tert-OH is 1. The molecule has 0 bridgehead atoms. The van der Waals surface area contributed by atoms with Gasteiger partial charge in [-0.05, 0) is 12.8 Å². The molecule has 0 radical (unpaired) electrons. The van der Waals surface area contributed by atoms with Crippen molar-refractivity contribution in [2.24, 2.45) is 0 Å². The minimum atomic E-state index is -0.00487. The Morgan fingerprint density at radius 2 is 2.21 bits per heavy atom. The van der Waals surface area contributed by atoms with Gasteiger partial charge in [-0.1, -0.05) is 6.08 Å². The van der Waals surface area contributed by atoms with E-state index >= 15 is 0 Å². The molecule has 4 heteroatoms. The van der Waals surface area contributed by atoms with Gasteiger partial charge in [0.2, 0.25) is 5.91 Å². The second-order valence-corrected chi connectivity index (χ2v) is 3.38. The summed E-state index contributed by atoms with van der Waals surface area (Å²) in [5.74, 6) is 0.651. The van der Waals surface area contributed by atoms with Crippen LogP contribution in [-0.2, 0) is 4.79 Å². The standard InChI is InChI=1S/C10H18ClNO2/c1-2-7-12(8-9-13)10(14)5-3-4-6-11/h2,13H,1,3-9H2. The van der Waals surface area contributed by atoms with E-state index in [-0.39, 0.29) is 12.5 Å². The highest BCUT2D eigenvalue weighted by molar-refractivity contribution is 6.17. The smallest absolute Gasteiger partial charge is 0.222 e. The number of carbonyl (C=O) groups excluding carboxylic acids is 1. The fraction of sp³-hybridized carbons (Fsp3) is 0.700. The predicted molar refractivity (Wildman–Crippen MR) is 58.4 cm³/mol. The number of aliphatic hydroxyl groups is 1. The van der Waals surface area contributed by atoms with Crippen molar-refractivity contribution >= 4 is 17.5 Å². The van der Waals surface area contributed by atoms with E-state index in [0.717, 1.165) is 12.8 Å². The molecular formula is C10H18ClNO2. The minimum Gasteiger partial charge on any atom is -0.395 e. The lowest BCUT2D eigenvalue weighted by molar-refractivity contribution is -0.131. The predicted octanol–water partition coefficient (Wildman–Crippen LogP) is 1.40. The third kappa shape index (κ3) is 6.00. The van der Waals surface area contributed by atoms with Gasteiger partial charge in [0.25, 0.3) is 0 Å². The van der Waals surface area contributed by atoms with Crippen LogP contribution in [0.25, 0.3) is 0 Å². The Morgan fingerprint density at radius 1 is 1.50 bits per heavy atom. The molecule has 0 unspecified atom stereocenters. The molecular weight excluding hydrogens is 202 g/mol. The van der Waals surface area contributed by atoms with E-state index in [2.05, 4.69) is 6.58 Å². The van der Waals surface area contributed by atoms with Crippen molar-refractivity contribution < 1.29 is 9.90 Å². The van der Waals surface area contributed by atoms with Crippen molar-refractivity contribution in [3.05, 3.63) is 12.7 Å². The average Bonchev–Trinajstić information content (AvgIpc) is 2.18. The maximum atomic E-state index is 11.5. The molecule has 14 heavy (non-hydrogen) atoms. The van der Waals surface area contributed by atoms with Crippen LogP contribution in [0.15, 0.2) is 12.7 Å². The van der Waals surface area contributed by atoms with Crippen LogP contribution in [-0.4, -0.2) is 41.5 Å². The third-order valence-electron chi connectivity index (χ3n) is 1.85. The summed E-state index contributed by atoms with van der Waals surface area (Å²) in [6.45, 7) is 4.44. The number of hydrogen-bond donors (Lipinski definition) is 1. The molecule has 0 saturated carbocycles. The zero-order valence-corrected chi connectivity index (χ0v) is 9.17. The van der Waals surface area contributed by atoms with Crippen molar-refractivity contribution in [2.45, 2.75) is 19.3 Å². The second-order valence-electron chi connectivity index (χ2n) is 3.00. The van der Waals surface area contributed by atoms with E-state index in [4.69, 9.17) is 16.7 Å². The molecule has 0 heterocycles. The van der Waals surface area contributed by atoms with Gasteiger partial charge in [-0.25, -0.2) is 0 Å². The first-order chi connectivity index (χ1) is 6.76. The largest absolute Gasteiger partial charge is 0.395 e. The second kappa shape index (κ2) is 9.03. The van der Waals surface area contributed by atoms with Gasteiger partial charge < -0.3 is 10.0 Å². The number of amides is 1. The molecule has 0 aliphatic carbocycles. The monoisotopic (exact) mass is 219 g/mol. The SMILES string of the molecule is C=CCN(CCO)C(=O)CCCCCl. The van der Waals surface area contributed by atoms with Crippen molar-refractivity contribution in [1.29, 1.82) is 0 Å². The Morgan fingerprint density at radius 3 is 2.71 bits per heavy atom. The van der Waals surface area contributed by atoms with Crippen LogP contribution >= 0.6 is 11.6 Å². The Bertz CT molecular complexity index is 174. The molecule has 0 atom stereocenters. The first-order valence-electron chi connectivity index (χ1n) is 4.81. The highest BCUT2D eigenvalue weighted by Crippen LogP contribution is 2.02. The Balaban J connectivity index is 3.81. The van der Waals surface area contributed by atoms with Crippen molar-refractivity contribution in [3.63, 3.8) is 0 Å². The fourth-order valence-electron chi connectivity index (χ4n) is 1.12. The molecule has 0 aromatic rings. The van der Waals surface area contributed by atoms with Crippen LogP contribution in [0.3, 0.4) is 0 Å². The molecule has 0 saturated heterocycles. The van der Waals surface area contributed by atoms with E-state index in [1.807, 2.05) is 0 Å². The molecule has 3 nitrogen and oxygen atoms in total. The number of rotatable bonds is 8. The van der Waals surface area contributed by atoms with Crippen LogP contribution < -0.4 is 0 Å². The number of hydrogen-bond acceptors (Lipinski definition) is 2. The molecule has 1 N–H and O–H groups in total. The maximum absolute atomic E-state index is 11.5. The van der Waals surface area contributed by atoms with Gasteiger partial charge in [-0.15, -0.1) is 18.2 Å². The molecule has 82 valence electrons. The molecule has 0 aromatic carbocycles. The summed E-state index contributed by atoms with van der Waals surface area (Å²) in [6, 6.07) is 0. The number of halogens is 1. The van der Waals surface area contributed by atoms with Crippen LogP contribution in [0.4, 0.5) is 0 Å². The van der Waals surface area contributed by atoms with Crippen LogP contribution in [0.2, 0.25) is 0 Å². The zero-order valence-electron chi connectivity index (χ0n) is 8.41. The summed E-state index contributed by atoms with van der Waals surface area (Å²) in [6.07, 6.45) is 3.82. The van der Waals surface area contributed by atoms with E-state index in [9.17, 15) is 4.79 Å². The lowest BCUT2D eigenvalue weighted by Crippen LogP contribution is -2.33. The van der Waals surface area contributed by atoms with E-state index in [1.165, 1.54) is 0 Å². The number of alkyl halides is 1. The Kier molecular flexibility index (Phi) is 8.68. The number of unbranched alkanes of at least 4 members (excludes halogenated alkanes) is 1. The first-order valence-corrected chi connectivity index (χ1v) is 5.35. The number of nitrogens with zero attached hydrogens (tertiary/aromatic N) is 1. The summed E-state index contributed by atoms with van der Waals surface area (Å²) in [7, 11) is 0. The normalized spacial score (nSPS) is 9.86. The van der Waals surface area contributed by atoms with Gasteiger partial charge in [-0.2, -0.15) is 0 Å². The molecule has 0 spiro atoms. The minimum absolute atomic E-state index is 0.00487. The molecule has 0 rings (SSSR count). The fourth-order valence-corrected chi connectivity index (χ4v) is 1.31. The lowest BCUT2D eigenvalue weighted by Gasteiger charge is -2.19. The van der Waals surface area contributed by atoms with E-state index in [0.29, 0.717) is 25.4 Å². The third-order valence-corrected chi connectivity index (χ3v) is 2.11. The quantitative estimate of drug-likeness (QED) is 0.381. The van der Waals surface area contributed by atoms with Crippen molar-refractivity contribution in [3.8, 4) is 0 Å². The summed E-state index contributed by atoms with van der Waals surface area (Å²) < 4.78 is 0. The lowest BCUT2D eigenvalue weighted by atomic mass is 10.2. The average molecular weight is 220 g/mol. The van der Waals surface area contributed by atoms with E-state index in [1.54, 1.807) is 11.0 Å². The summed E-state index contributed by atoms with van der Waals surface area (Å²) in [5, 5.41) is 8.73. The Labute approximate surface area is 90.4 Å². The number of carbonyl (C=O) groups is 1. The van der Waals surface area contributed by atoms with Crippen LogP contribution in [0.5, 0.6) is 0 Å². The Hall–Kier alpha value is -0.540. The molecule has 1 amide bonds. The maximum Gasteiger partial charge on any atom is 0.222 e. The van der Waals surface area contributed by atoms with Crippen molar-refractivity contribution in [1.82, 2.24) is 4.90 Å². The van der Waals surface area contributed by atoms with Gasteiger partial charge in [-0.3, -0.25) is 4.79 Å². The highest BCUT2D eigenvalue weighted by atomic mass is 35.5. The van der Waals surface area contributed by atoms with Gasteiger partial charge in [0, 0.05) is 25.4 Å². The molecule has 0 aliphatic heterocycles. The van der Waals surface area contributed by atoms with Crippen LogP contribution in [0, 0.1) is 0 Å². The molecule has 0 fully saturated rings. The summed E-state index contributed by atoms with van der Waals surface area (Å²) >= 11 is 5.51. The first kappa shape index (κ1) is 13.5. The highest BCUT2D eigenvalue weighted by Gasteiger charge is 2.10. The van der Waals surface area contributed by atoms with Crippen molar-refractivity contribution in [2.75, 3.05) is 25.6 Å². The van der Waals surface area contributed by atoms with Gasteiger partial charge >= 0.3 is 0 Å². The van der Waals surface area contributed by atoms with Gasteiger partial charge in [0.05, 0.1) is 6.61 Å². The zero-order chi connectivity index (χ0) is 10.8. The van der Waals surface area contributed by atoms with E-state index < -0.39 is 0 Å². The molecule has 0 aliphatic rings. The van der Waals surface area contributed by atoms with Gasteiger partial charge in [0.1, 0.15) is 0 Å². The summed E-state index contributed by atoms with van der Waals surface area (Å²) in [5.41, 5.74) is 0. The topological polar surface area (TPSA) is 40.5 Å². The van der Waals surface area contributed by atoms with Gasteiger partial charge in [0.15, 0.2) is 0 Å². The van der Waals surface area contributed by atoms with Crippen LogP contribution in [0.1, 0.15) is 19.3 Å². The molecule has 0 aromatic heterocycles. The summed E-state index contributed by atoms with van der Waals surface area (Å²) in [4.78, 5) is 13.1.